The molecule has 1 aliphatic heterocycles. The molecule has 0 atom stereocenters. The number of amides is 3. The van der Waals surface area contributed by atoms with Gasteiger partial charge in [-0.05, 0) is 25.0 Å². The summed E-state index contributed by atoms with van der Waals surface area (Å²) in [5, 5.41) is 2.90. The number of hydrogen-bond donors (Lipinski definition) is 3. The van der Waals surface area contributed by atoms with Gasteiger partial charge in [0.1, 0.15) is 0 Å². The maximum Gasteiger partial charge on any atom is 0.277 e. The van der Waals surface area contributed by atoms with Crippen LogP contribution in [0, 0.1) is 19.8 Å². The van der Waals surface area contributed by atoms with Gasteiger partial charge in [-0.3, -0.25) is 14.4 Å². The average molecular weight is 361 g/mol. The highest BCUT2D eigenvalue weighted by Crippen LogP contribution is 2.19. The second kappa shape index (κ2) is 8.80. The van der Waals surface area contributed by atoms with E-state index in [1.807, 2.05) is 32.0 Å². The van der Waals surface area contributed by atoms with Crippen molar-refractivity contribution in [1.29, 1.82) is 0 Å². The van der Waals surface area contributed by atoms with Crippen LogP contribution in [0.4, 0.5) is 5.69 Å². The molecular weight excluding hydrogens is 332 g/mol. The number of nitrogens with zero attached hydrogens (tertiary/aromatic N) is 1. The summed E-state index contributed by atoms with van der Waals surface area (Å²) in [5.74, 6) is -0.611. The largest absolute Gasteiger partial charge is 0.369 e. The number of quaternary nitrogens is 1. The molecule has 26 heavy (non-hydrogen) atoms. The van der Waals surface area contributed by atoms with Crippen molar-refractivity contribution in [3.05, 3.63) is 29.3 Å². The van der Waals surface area contributed by atoms with Crippen molar-refractivity contribution < 1.29 is 19.3 Å². The third-order valence-corrected chi connectivity index (χ3v) is 5.05. The SMILES string of the molecule is Cc1cccc(C)c1NC(=O)CN(C)C(=O)C[NH+]1CCC(C(N)=O)CC1. The Labute approximate surface area is 154 Å². The number of para-hydroxylation sites is 1. The van der Waals surface area contributed by atoms with Gasteiger partial charge in [0.15, 0.2) is 6.54 Å². The minimum atomic E-state index is -0.254. The Morgan fingerprint density at radius 2 is 1.77 bits per heavy atom. The van der Waals surface area contributed by atoms with Crippen LogP contribution >= 0.6 is 0 Å². The van der Waals surface area contributed by atoms with Gasteiger partial charge < -0.3 is 20.9 Å². The molecule has 1 saturated heterocycles. The summed E-state index contributed by atoms with van der Waals surface area (Å²) in [6.07, 6.45) is 1.43. The average Bonchev–Trinajstić information content (AvgIpc) is 2.58. The highest BCUT2D eigenvalue weighted by molar-refractivity contribution is 5.95. The van der Waals surface area contributed by atoms with Crippen LogP contribution in [0.1, 0.15) is 24.0 Å². The van der Waals surface area contributed by atoms with Gasteiger partial charge >= 0.3 is 0 Å². The first-order chi connectivity index (χ1) is 12.3. The molecule has 1 aliphatic rings. The van der Waals surface area contributed by atoms with Crippen LogP contribution in [0.2, 0.25) is 0 Å². The van der Waals surface area contributed by atoms with E-state index in [1.54, 1.807) is 7.05 Å². The van der Waals surface area contributed by atoms with Crippen LogP contribution in [0.15, 0.2) is 18.2 Å². The minimum absolute atomic E-state index is 0.0177. The Morgan fingerprint density at radius 3 is 2.31 bits per heavy atom. The molecule has 1 fully saturated rings. The number of aryl methyl sites for hydroxylation is 2. The van der Waals surface area contributed by atoms with E-state index >= 15 is 0 Å². The van der Waals surface area contributed by atoms with E-state index in [1.165, 1.54) is 4.90 Å². The van der Waals surface area contributed by atoms with Gasteiger partial charge in [0, 0.05) is 31.5 Å². The molecule has 1 aromatic rings. The highest BCUT2D eigenvalue weighted by atomic mass is 16.2. The number of carbonyl (C=O) groups is 3. The monoisotopic (exact) mass is 361 g/mol. The maximum atomic E-state index is 12.4. The fourth-order valence-corrected chi connectivity index (χ4v) is 3.33. The summed E-state index contributed by atoms with van der Waals surface area (Å²) in [5.41, 5.74) is 8.13. The first kappa shape index (κ1) is 19.9. The van der Waals surface area contributed by atoms with Gasteiger partial charge in [0.25, 0.3) is 5.91 Å². The second-order valence-electron chi connectivity index (χ2n) is 7.17. The van der Waals surface area contributed by atoms with Gasteiger partial charge in [-0.15, -0.1) is 0 Å². The summed E-state index contributed by atoms with van der Waals surface area (Å²) in [6.45, 7) is 5.74. The van der Waals surface area contributed by atoms with Crippen molar-refractivity contribution in [3.63, 3.8) is 0 Å². The Bertz CT molecular complexity index is 661. The summed E-state index contributed by atoms with van der Waals surface area (Å²) < 4.78 is 0. The van der Waals surface area contributed by atoms with Crippen molar-refractivity contribution in [1.82, 2.24) is 4.90 Å². The van der Waals surface area contributed by atoms with Crippen LogP contribution in [0.25, 0.3) is 0 Å². The zero-order valence-corrected chi connectivity index (χ0v) is 15.8. The van der Waals surface area contributed by atoms with Crippen molar-refractivity contribution in [2.75, 3.05) is 38.5 Å². The number of likely N-dealkylation sites (N-methyl/N-ethyl adjacent to an activating group) is 1. The molecule has 0 saturated carbocycles. The number of nitrogens with two attached hydrogens (primary N) is 1. The Hall–Kier alpha value is -2.41. The zero-order valence-electron chi connectivity index (χ0n) is 15.8. The number of benzene rings is 1. The molecule has 142 valence electrons. The van der Waals surface area contributed by atoms with E-state index in [0.717, 1.165) is 34.8 Å². The number of hydrogen-bond acceptors (Lipinski definition) is 3. The van der Waals surface area contributed by atoms with Crippen molar-refractivity contribution >= 4 is 23.4 Å². The first-order valence-electron chi connectivity index (χ1n) is 9.01. The lowest BCUT2D eigenvalue weighted by Gasteiger charge is -2.28. The first-order valence-corrected chi connectivity index (χ1v) is 9.01. The molecule has 1 heterocycles. The van der Waals surface area contributed by atoms with E-state index in [9.17, 15) is 14.4 Å². The third kappa shape index (κ3) is 5.29. The number of carbonyl (C=O) groups excluding carboxylic acids is 3. The van der Waals surface area contributed by atoms with Crippen LogP contribution in [-0.4, -0.2) is 55.8 Å². The topological polar surface area (TPSA) is 96.9 Å². The molecule has 0 aliphatic carbocycles. The molecule has 3 amide bonds. The predicted octanol–water partition coefficient (Wildman–Crippen LogP) is -0.519. The van der Waals surface area contributed by atoms with Crippen LogP contribution in [0.3, 0.4) is 0 Å². The van der Waals surface area contributed by atoms with Crippen molar-refractivity contribution in [3.8, 4) is 0 Å². The molecule has 2 rings (SSSR count). The summed E-state index contributed by atoms with van der Waals surface area (Å²) >= 11 is 0. The number of primary amides is 1. The Morgan fingerprint density at radius 1 is 1.19 bits per heavy atom. The van der Waals surface area contributed by atoms with Crippen LogP contribution in [-0.2, 0) is 14.4 Å². The number of piperidine rings is 1. The molecule has 0 spiro atoms. The fourth-order valence-electron chi connectivity index (χ4n) is 3.33. The number of anilines is 1. The molecule has 1 aromatic carbocycles. The maximum absolute atomic E-state index is 12.4. The number of rotatable bonds is 6. The standard InChI is InChI=1S/C19H28N4O3/c1-13-5-4-6-14(2)18(13)21-16(24)11-22(3)17(25)12-23-9-7-15(8-10-23)19(20)26/h4-6,15H,7-12H2,1-3H3,(H2,20,26)(H,21,24)/p+1. The lowest BCUT2D eigenvalue weighted by Crippen LogP contribution is -3.14. The van der Waals surface area contributed by atoms with Crippen molar-refractivity contribution in [2.24, 2.45) is 11.7 Å². The smallest absolute Gasteiger partial charge is 0.277 e. The van der Waals surface area contributed by atoms with Crippen molar-refractivity contribution in [2.45, 2.75) is 26.7 Å². The molecule has 4 N–H and O–H groups in total. The minimum Gasteiger partial charge on any atom is -0.369 e. The Kier molecular flexibility index (Phi) is 6.74. The van der Waals surface area contributed by atoms with Crippen LogP contribution < -0.4 is 16.0 Å². The fraction of sp³-hybridized carbons (Fsp3) is 0.526. The van der Waals surface area contributed by atoms with Gasteiger partial charge in [-0.2, -0.15) is 0 Å². The molecule has 0 bridgehead atoms. The zero-order chi connectivity index (χ0) is 19.3. The van der Waals surface area contributed by atoms with Crippen LogP contribution in [0.5, 0.6) is 0 Å². The lowest BCUT2D eigenvalue weighted by molar-refractivity contribution is -0.898. The highest BCUT2D eigenvalue weighted by Gasteiger charge is 2.28. The quantitative estimate of drug-likeness (QED) is 0.636. The normalized spacial score (nSPS) is 19.7. The predicted molar refractivity (Wildman–Crippen MR) is 99.7 cm³/mol. The molecule has 0 unspecified atom stereocenters. The third-order valence-electron chi connectivity index (χ3n) is 5.05. The number of nitrogens with one attached hydrogen (secondary N) is 2. The van der Waals surface area contributed by atoms with E-state index in [-0.39, 0.29) is 30.2 Å². The molecule has 7 heteroatoms. The Balaban J connectivity index is 1.81. The molecular formula is C19H29N4O3+. The van der Waals surface area contributed by atoms with E-state index in [0.29, 0.717) is 19.4 Å². The summed E-state index contributed by atoms with van der Waals surface area (Å²) in [4.78, 5) is 38.5. The van der Waals surface area contributed by atoms with E-state index < -0.39 is 0 Å². The summed E-state index contributed by atoms with van der Waals surface area (Å²) in [7, 11) is 1.64. The number of likely N-dealkylation sites (tertiary alicyclic amines) is 1. The van der Waals surface area contributed by atoms with Gasteiger partial charge in [-0.1, -0.05) is 18.2 Å². The molecule has 0 radical (unpaired) electrons. The van der Waals surface area contributed by atoms with E-state index in [2.05, 4.69) is 5.32 Å². The van der Waals surface area contributed by atoms with Gasteiger partial charge in [0.2, 0.25) is 11.8 Å². The van der Waals surface area contributed by atoms with Gasteiger partial charge in [-0.25, -0.2) is 0 Å². The second-order valence-corrected chi connectivity index (χ2v) is 7.17. The summed E-state index contributed by atoms with van der Waals surface area (Å²) in [6, 6.07) is 5.83. The van der Waals surface area contributed by atoms with Gasteiger partial charge in [0.05, 0.1) is 19.6 Å². The van der Waals surface area contributed by atoms with E-state index in [4.69, 9.17) is 5.73 Å². The molecule has 0 aromatic heterocycles. The molecule has 7 nitrogen and oxygen atoms in total. The lowest BCUT2D eigenvalue weighted by atomic mass is 9.96.